The van der Waals surface area contributed by atoms with Gasteiger partial charge < -0.3 is 14.4 Å². The van der Waals surface area contributed by atoms with Crippen molar-refractivity contribution in [1.82, 2.24) is 0 Å². The second kappa shape index (κ2) is 11.4. The second-order valence-electron chi connectivity index (χ2n) is 10.5. The minimum absolute atomic E-state index is 0.0474. The van der Waals surface area contributed by atoms with Crippen LogP contribution >= 0.6 is 0 Å². The van der Waals surface area contributed by atoms with E-state index in [2.05, 4.69) is 25.5 Å². The van der Waals surface area contributed by atoms with Crippen LogP contribution in [0.25, 0.3) is 11.1 Å². The Balaban J connectivity index is 2.11. The van der Waals surface area contributed by atoms with Crippen LogP contribution in [0.15, 0.2) is 60.7 Å². The highest BCUT2D eigenvalue weighted by Gasteiger charge is 2.31. The van der Waals surface area contributed by atoms with Gasteiger partial charge in [0.05, 0.1) is 13.7 Å². The number of aryl methyl sites for hydroxylation is 1. The number of carbonyl (C=O) groups excluding carboxylic acids is 2. The normalized spacial score (nSPS) is 11.6. The monoisotopic (exact) mass is 542 g/mol. The average molecular weight is 543 g/mol. The number of hydrogen-bond donors (Lipinski definition) is 0. The first-order valence-corrected chi connectivity index (χ1v) is 12.3. The minimum Gasteiger partial charge on any atom is -0.462 e. The van der Waals surface area contributed by atoms with E-state index in [4.69, 9.17) is 4.74 Å². The third-order valence-corrected chi connectivity index (χ3v) is 6.25. The summed E-state index contributed by atoms with van der Waals surface area (Å²) in [5.74, 6) is -2.18. The maximum Gasteiger partial charge on any atom is 0.573 e. The van der Waals surface area contributed by atoms with Crippen LogP contribution in [0.3, 0.4) is 0 Å². The Bertz CT molecular complexity index is 1330. The Kier molecular flexibility index (Phi) is 8.63. The minimum atomic E-state index is -4.80. The van der Waals surface area contributed by atoms with Crippen molar-refractivity contribution in [3.63, 3.8) is 0 Å². The number of nitrogens with zero attached hydrogens (tertiary/aromatic N) is 2. The maximum atomic E-state index is 13.2. The summed E-state index contributed by atoms with van der Waals surface area (Å²) in [5.41, 5.74) is 5.13. The van der Waals surface area contributed by atoms with Crippen molar-refractivity contribution >= 4 is 23.3 Å². The number of rotatable bonds is 6. The first-order valence-electron chi connectivity index (χ1n) is 12.3. The molecule has 0 atom stereocenters. The van der Waals surface area contributed by atoms with Crippen LogP contribution in [-0.4, -0.2) is 39.4 Å². The third-order valence-electron chi connectivity index (χ3n) is 6.25. The molecule has 3 aromatic carbocycles. The van der Waals surface area contributed by atoms with Crippen LogP contribution in [0.5, 0.6) is 5.75 Å². The maximum absolute atomic E-state index is 13.2. The number of ether oxygens (including phenoxy) is 2. The van der Waals surface area contributed by atoms with Crippen LogP contribution in [0.4, 0.5) is 24.5 Å². The Hall–Kier alpha value is -4.01. The molecule has 0 aliphatic carbocycles. The van der Waals surface area contributed by atoms with Gasteiger partial charge in [0.25, 0.3) is 0 Å². The van der Waals surface area contributed by atoms with Gasteiger partial charge in [-0.25, -0.2) is 4.79 Å². The summed E-state index contributed by atoms with van der Waals surface area (Å²) < 4.78 is 46.7. The van der Waals surface area contributed by atoms with Gasteiger partial charge in [-0.15, -0.1) is 13.2 Å². The number of carbonyl (C=O) groups is 2. The second-order valence-corrected chi connectivity index (χ2v) is 10.5. The summed E-state index contributed by atoms with van der Waals surface area (Å²) in [7, 11) is 4.83. The van der Waals surface area contributed by atoms with Crippen molar-refractivity contribution in [3.8, 4) is 16.9 Å². The molecular weight excluding hydrogens is 509 g/mol. The van der Waals surface area contributed by atoms with Gasteiger partial charge in [0.15, 0.2) is 0 Å². The van der Waals surface area contributed by atoms with Gasteiger partial charge in [0, 0.05) is 31.0 Å². The average Bonchev–Trinajstić information content (AvgIpc) is 2.85. The highest BCUT2D eigenvalue weighted by atomic mass is 19.4. The number of hydrogen-bond acceptors (Lipinski definition) is 5. The van der Waals surface area contributed by atoms with Gasteiger partial charge >= 0.3 is 18.2 Å². The van der Waals surface area contributed by atoms with E-state index in [1.54, 1.807) is 6.07 Å². The van der Waals surface area contributed by atoms with E-state index in [1.807, 2.05) is 56.3 Å². The van der Waals surface area contributed by atoms with Crippen molar-refractivity contribution < 1.29 is 32.2 Å². The van der Waals surface area contributed by atoms with Crippen molar-refractivity contribution in [3.05, 3.63) is 77.4 Å². The molecule has 0 unspecified atom stereocenters. The first kappa shape index (κ1) is 29.5. The molecule has 0 aromatic heterocycles. The van der Waals surface area contributed by atoms with Gasteiger partial charge in [-0.1, -0.05) is 57.2 Å². The van der Waals surface area contributed by atoms with Crippen LogP contribution in [0.2, 0.25) is 0 Å². The summed E-state index contributed by atoms with van der Waals surface area (Å²) in [4.78, 5) is 28.8. The molecule has 0 saturated heterocycles. The summed E-state index contributed by atoms with van der Waals surface area (Å²) in [6.45, 7) is 8.25. The highest BCUT2D eigenvalue weighted by molar-refractivity contribution is 6.38. The zero-order valence-corrected chi connectivity index (χ0v) is 23.1. The Morgan fingerprint density at radius 1 is 0.872 bits per heavy atom. The lowest BCUT2D eigenvalue weighted by Gasteiger charge is -2.27. The fraction of sp³-hybridized carbons (Fsp3) is 0.333. The van der Waals surface area contributed by atoms with E-state index < -0.39 is 18.2 Å². The smallest absolute Gasteiger partial charge is 0.462 e. The molecule has 0 fully saturated rings. The van der Waals surface area contributed by atoms with Crippen molar-refractivity contribution in [1.29, 1.82) is 0 Å². The van der Waals surface area contributed by atoms with Crippen LogP contribution in [-0.2, 0) is 26.3 Å². The molecule has 0 spiro atoms. The van der Waals surface area contributed by atoms with Gasteiger partial charge in [-0.05, 0) is 58.9 Å². The van der Waals surface area contributed by atoms with Crippen LogP contribution in [0, 0.1) is 6.92 Å². The van der Waals surface area contributed by atoms with Gasteiger partial charge in [-0.3, -0.25) is 9.69 Å². The molecule has 6 nitrogen and oxygen atoms in total. The van der Waals surface area contributed by atoms with E-state index >= 15 is 0 Å². The summed E-state index contributed by atoms with van der Waals surface area (Å²) in [6.07, 6.45) is -4.80. The molecule has 0 saturated carbocycles. The number of halogens is 3. The van der Waals surface area contributed by atoms with E-state index in [-0.39, 0.29) is 17.7 Å². The molecular formula is C30H33F3N2O4. The molecule has 3 aromatic rings. The summed E-state index contributed by atoms with van der Waals surface area (Å²) >= 11 is 0. The molecule has 3 rings (SSSR count). The number of benzene rings is 3. The Morgan fingerprint density at radius 2 is 1.46 bits per heavy atom. The number of anilines is 2. The predicted octanol–water partition coefficient (Wildman–Crippen LogP) is 6.63. The van der Waals surface area contributed by atoms with E-state index in [0.717, 1.165) is 29.5 Å². The van der Waals surface area contributed by atoms with Gasteiger partial charge in [0.1, 0.15) is 5.75 Å². The lowest BCUT2D eigenvalue weighted by molar-refractivity contribution is -0.274. The lowest BCUT2D eigenvalue weighted by Crippen LogP contribution is -2.37. The standard InChI is InChI=1S/C30H33F3N2O4/c1-19-16-26(34(5)6)24(21-10-14-23(15-11-21)39-30(31,32)33)17-25(19)35(27(36)28(37)38-7)18-20-8-12-22(13-9-20)29(2,3)4/h8-17H,18H2,1-7H3. The van der Waals surface area contributed by atoms with E-state index in [1.165, 1.54) is 29.2 Å². The molecule has 208 valence electrons. The zero-order chi connectivity index (χ0) is 29.1. The Labute approximate surface area is 226 Å². The lowest BCUT2D eigenvalue weighted by atomic mass is 9.86. The SMILES string of the molecule is COC(=O)C(=O)N(Cc1ccc(C(C)(C)C)cc1)c1cc(-c2ccc(OC(F)(F)F)cc2)c(N(C)C)cc1C. The van der Waals surface area contributed by atoms with Crippen molar-refractivity contribution in [2.45, 2.75) is 46.0 Å². The molecule has 0 aliphatic heterocycles. The van der Waals surface area contributed by atoms with E-state index in [0.29, 0.717) is 16.8 Å². The highest BCUT2D eigenvalue weighted by Crippen LogP contribution is 2.38. The van der Waals surface area contributed by atoms with Crippen LogP contribution < -0.4 is 14.5 Å². The molecule has 0 bridgehead atoms. The molecule has 1 amide bonds. The number of methoxy groups -OCH3 is 1. The zero-order valence-electron chi connectivity index (χ0n) is 23.1. The van der Waals surface area contributed by atoms with Crippen molar-refractivity contribution in [2.75, 3.05) is 31.0 Å². The van der Waals surface area contributed by atoms with Gasteiger partial charge in [0.2, 0.25) is 0 Å². The van der Waals surface area contributed by atoms with Crippen molar-refractivity contribution in [2.24, 2.45) is 0 Å². The molecule has 9 heteroatoms. The molecule has 0 radical (unpaired) electrons. The molecule has 0 N–H and O–H groups in total. The molecule has 0 heterocycles. The molecule has 39 heavy (non-hydrogen) atoms. The summed E-state index contributed by atoms with van der Waals surface area (Å²) in [5, 5.41) is 0. The summed E-state index contributed by atoms with van der Waals surface area (Å²) in [6, 6.07) is 16.9. The number of esters is 1. The third kappa shape index (κ3) is 7.31. The predicted molar refractivity (Wildman–Crippen MR) is 146 cm³/mol. The van der Waals surface area contributed by atoms with Gasteiger partial charge in [-0.2, -0.15) is 0 Å². The fourth-order valence-corrected chi connectivity index (χ4v) is 4.17. The number of alkyl halides is 3. The first-order chi connectivity index (χ1) is 18.1. The number of amides is 1. The largest absolute Gasteiger partial charge is 0.573 e. The molecule has 0 aliphatic rings. The topological polar surface area (TPSA) is 59.1 Å². The fourth-order valence-electron chi connectivity index (χ4n) is 4.17. The Morgan fingerprint density at radius 3 is 1.95 bits per heavy atom. The van der Waals surface area contributed by atoms with Crippen LogP contribution in [0.1, 0.15) is 37.5 Å². The van der Waals surface area contributed by atoms with E-state index in [9.17, 15) is 22.8 Å². The quantitative estimate of drug-likeness (QED) is 0.259.